The van der Waals surface area contributed by atoms with Crippen LogP contribution >= 0.6 is 33.2 Å². The fourth-order valence-corrected chi connectivity index (χ4v) is 8.98. The van der Waals surface area contributed by atoms with Gasteiger partial charge in [0.2, 0.25) is 23.6 Å². The van der Waals surface area contributed by atoms with Gasteiger partial charge in [-0.05, 0) is 44.9 Å². The Morgan fingerprint density at radius 1 is 1.19 bits per heavy atom. The third kappa shape index (κ3) is 12.7. The number of epoxide rings is 1. The van der Waals surface area contributed by atoms with Gasteiger partial charge in [0.25, 0.3) is 0 Å². The molecule has 1 aromatic carbocycles. The van der Waals surface area contributed by atoms with E-state index < -0.39 is 65.7 Å². The number of fused-ring (bicyclic) bond motifs is 5. The first-order chi connectivity index (χ1) is 27.8. The Bertz CT molecular complexity index is 1820. The zero-order valence-electron chi connectivity index (χ0n) is 34.2. The molecule has 3 heterocycles. The predicted molar refractivity (Wildman–Crippen MR) is 223 cm³/mol. The molecule has 1 aromatic rings. The molecule has 0 aliphatic carbocycles. The minimum Gasteiger partial charge on any atom is -0.495 e. The Labute approximate surface area is 356 Å². The van der Waals surface area contributed by atoms with Gasteiger partial charge in [0.05, 0.1) is 31.9 Å². The molecule has 59 heavy (non-hydrogen) atoms. The van der Waals surface area contributed by atoms with Gasteiger partial charge in [0, 0.05) is 58.4 Å². The number of carbonyl (C=O) groups excluding carboxylic acids is 6. The van der Waals surface area contributed by atoms with Gasteiger partial charge < -0.3 is 49.6 Å². The van der Waals surface area contributed by atoms with Crippen molar-refractivity contribution in [3.8, 4) is 5.75 Å². The van der Waals surface area contributed by atoms with Crippen molar-refractivity contribution in [1.82, 2.24) is 15.5 Å². The zero-order valence-corrected chi connectivity index (χ0v) is 36.6. The lowest BCUT2D eigenvalue weighted by Gasteiger charge is -2.40. The normalized spacial score (nSPS) is 27.7. The van der Waals surface area contributed by atoms with E-state index in [1.54, 1.807) is 38.3 Å². The molecule has 0 spiro atoms. The zero-order chi connectivity index (χ0) is 43.7. The average molecular weight is 884 g/mol. The number of carbonyl (C=O) groups is 6. The van der Waals surface area contributed by atoms with Crippen LogP contribution in [0.15, 0.2) is 35.9 Å². The molecule has 17 nitrogen and oxygen atoms in total. The molecule has 2 saturated heterocycles. The molecule has 4 rings (SSSR count). The van der Waals surface area contributed by atoms with Crippen molar-refractivity contribution in [1.29, 1.82) is 0 Å². The van der Waals surface area contributed by atoms with Crippen LogP contribution in [0.3, 0.4) is 0 Å². The van der Waals surface area contributed by atoms with E-state index in [9.17, 15) is 33.9 Å². The third-order valence-corrected chi connectivity index (χ3v) is 13.2. The monoisotopic (exact) mass is 883 g/mol. The molecular weight excluding hydrogens is 830 g/mol. The Kier molecular flexibility index (Phi) is 17.0. The highest BCUT2D eigenvalue weighted by atomic mass is 35.5. The van der Waals surface area contributed by atoms with Crippen LogP contribution in [0.4, 0.5) is 10.5 Å². The summed E-state index contributed by atoms with van der Waals surface area (Å²) >= 11 is 6.75. The highest BCUT2D eigenvalue weighted by Crippen LogP contribution is 2.47. The number of rotatable bonds is 14. The summed E-state index contributed by atoms with van der Waals surface area (Å²) in [5.41, 5.74) is 4.02. The largest absolute Gasteiger partial charge is 0.495 e. The summed E-state index contributed by atoms with van der Waals surface area (Å²) in [4.78, 5) is 79.0. The molecule has 2 fully saturated rings. The predicted octanol–water partition coefficient (Wildman–Crippen LogP) is 3.03. The molecular formula is C39H54ClN5O12S2. The number of nitrogens with two attached hydrogens (primary N) is 1. The van der Waals surface area contributed by atoms with Gasteiger partial charge in [0.1, 0.15) is 40.7 Å². The van der Waals surface area contributed by atoms with E-state index in [4.69, 9.17) is 41.0 Å². The number of anilines is 1. The SMILES string of the molecule is COc1cc2cc(c1Cl)N(C)C(=O)C[C@H](OC(=O)[C@H](C)N(C)C(=O)CCSSCCC(=O)NCC(N)=O)[C@]1(C)O[C@H]1C[C@@H]1C[C@@](O)(NC(=O)O1)[C@H](OC)/C=C/C=C(\C)C2. The van der Waals surface area contributed by atoms with Gasteiger partial charge in [-0.1, -0.05) is 57.0 Å². The summed E-state index contributed by atoms with van der Waals surface area (Å²) < 4.78 is 28.9. The van der Waals surface area contributed by atoms with Gasteiger partial charge >= 0.3 is 12.1 Å². The van der Waals surface area contributed by atoms with Crippen molar-refractivity contribution in [2.24, 2.45) is 5.73 Å². The van der Waals surface area contributed by atoms with Gasteiger partial charge in [-0.25, -0.2) is 9.59 Å². The molecule has 4 bridgehead atoms. The van der Waals surface area contributed by atoms with Crippen LogP contribution in [0.25, 0.3) is 0 Å². The molecule has 5 N–H and O–H groups in total. The van der Waals surface area contributed by atoms with Crippen LogP contribution in [0, 0.1) is 0 Å². The van der Waals surface area contributed by atoms with Crippen LogP contribution in [-0.4, -0.2) is 134 Å². The number of amides is 5. The van der Waals surface area contributed by atoms with Crippen LogP contribution < -0.4 is 26.0 Å². The van der Waals surface area contributed by atoms with Crippen molar-refractivity contribution < 1.29 is 57.6 Å². The lowest BCUT2D eigenvalue weighted by atomic mass is 9.90. The quantitative estimate of drug-likeness (QED) is 0.0912. The number of nitrogens with one attached hydrogen (secondary N) is 2. The molecule has 0 unspecified atom stereocenters. The Morgan fingerprint density at radius 3 is 2.54 bits per heavy atom. The number of hydrogen-bond donors (Lipinski definition) is 4. The van der Waals surface area contributed by atoms with Gasteiger partial charge in [-0.2, -0.15) is 0 Å². The summed E-state index contributed by atoms with van der Waals surface area (Å²) in [6.07, 6.45) is 1.09. The summed E-state index contributed by atoms with van der Waals surface area (Å²) in [5.74, 6) is -1.31. The fourth-order valence-electron chi connectivity index (χ4n) is 6.70. The van der Waals surface area contributed by atoms with Gasteiger partial charge in [0.15, 0.2) is 5.72 Å². The number of ether oxygens (including phenoxy) is 5. The summed E-state index contributed by atoms with van der Waals surface area (Å²) in [7, 11) is 8.69. The van der Waals surface area contributed by atoms with Gasteiger partial charge in [-0.15, -0.1) is 0 Å². The maximum absolute atomic E-state index is 14.1. The second-order valence-electron chi connectivity index (χ2n) is 14.8. The summed E-state index contributed by atoms with van der Waals surface area (Å²) in [6.45, 7) is 4.87. The number of methoxy groups -OCH3 is 2. The molecule has 0 aromatic heterocycles. The lowest BCUT2D eigenvalue weighted by Crippen LogP contribution is -2.62. The van der Waals surface area contributed by atoms with Crippen LogP contribution in [-0.2, 0) is 49.3 Å². The Morgan fingerprint density at radius 2 is 1.88 bits per heavy atom. The topological polar surface area (TPSA) is 229 Å². The standard InChI is InChI=1S/C39H54ClN5O12S2/c1-22-9-8-10-28(54-7)39(52)20-25(55-37(51)43-39)18-30-38(3,57-30)29(19-34(49)45(5)26-16-24(15-22)17-27(53-6)35(26)40)56-36(50)23(2)44(4)33(48)12-14-59-58-13-11-32(47)42-21-31(41)46/h8-10,16-17,23,25,28-30,52H,11-15,18-21H2,1-7H3,(H2,41,46)(H,42,47)(H,43,51)/b10-8+,22-9+/t23-,25+,28+,29-,30-,38-,39-/m0/s1. The maximum atomic E-state index is 14.1. The van der Waals surface area contributed by atoms with Crippen molar-refractivity contribution in [2.45, 2.75) is 101 Å². The summed E-state index contributed by atoms with van der Waals surface area (Å²) in [5, 5.41) is 16.7. The number of allylic oxidation sites excluding steroid dienone is 3. The number of esters is 1. The number of nitrogens with zero attached hydrogens (tertiary/aromatic N) is 2. The number of aliphatic hydroxyl groups is 1. The first-order valence-corrected chi connectivity index (χ1v) is 21.8. The van der Waals surface area contributed by atoms with Crippen LogP contribution in [0.2, 0.25) is 5.02 Å². The first-order valence-electron chi connectivity index (χ1n) is 19.0. The van der Waals surface area contributed by atoms with E-state index in [0.717, 1.165) is 11.1 Å². The number of primary amides is 1. The fraction of sp³-hybridized carbons (Fsp3) is 0.590. The van der Waals surface area contributed by atoms with E-state index in [2.05, 4.69) is 10.6 Å². The second-order valence-corrected chi connectivity index (χ2v) is 17.9. The molecule has 7 atom stereocenters. The molecule has 3 aliphatic heterocycles. The van der Waals surface area contributed by atoms with Crippen LogP contribution in [0.5, 0.6) is 5.75 Å². The highest BCUT2D eigenvalue weighted by molar-refractivity contribution is 8.76. The lowest BCUT2D eigenvalue weighted by molar-refractivity contribution is -0.161. The van der Waals surface area contributed by atoms with Crippen LogP contribution in [0.1, 0.15) is 58.4 Å². The number of hydrogen-bond acceptors (Lipinski definition) is 14. The van der Waals surface area contributed by atoms with E-state index in [1.165, 1.54) is 59.6 Å². The summed E-state index contributed by atoms with van der Waals surface area (Å²) in [6, 6.07) is 2.50. The third-order valence-electron chi connectivity index (χ3n) is 10.4. The minimum absolute atomic E-state index is 0.0660. The molecule has 0 saturated carbocycles. The van der Waals surface area contributed by atoms with E-state index in [0.29, 0.717) is 29.4 Å². The van der Waals surface area contributed by atoms with Crippen molar-refractivity contribution in [3.63, 3.8) is 0 Å². The van der Waals surface area contributed by atoms with Crippen molar-refractivity contribution >= 4 is 74.6 Å². The molecule has 5 amide bonds. The Hall–Kier alpha value is -4.01. The number of benzene rings is 1. The van der Waals surface area contributed by atoms with Gasteiger partial charge in [-0.3, -0.25) is 24.5 Å². The molecule has 3 aliphatic rings. The smallest absolute Gasteiger partial charge is 0.409 e. The van der Waals surface area contributed by atoms with Crippen molar-refractivity contribution in [3.05, 3.63) is 46.5 Å². The number of likely N-dealkylation sites (N-methyl/N-ethyl adjacent to an activating group) is 1. The maximum Gasteiger partial charge on any atom is 0.409 e. The molecule has 0 radical (unpaired) electrons. The second kappa shape index (κ2) is 21.0. The molecule has 20 heteroatoms. The van der Waals surface area contributed by atoms with E-state index >= 15 is 0 Å². The number of halogens is 1. The number of alkyl carbamates (subject to hydrolysis) is 1. The first kappa shape index (κ1) is 47.7. The highest BCUT2D eigenvalue weighted by Gasteiger charge is 2.61. The Balaban J connectivity index is 1.54. The van der Waals surface area contributed by atoms with Crippen molar-refractivity contribution in [2.75, 3.05) is 51.3 Å². The average Bonchev–Trinajstić information content (AvgIpc) is 3.84. The van der Waals surface area contributed by atoms with E-state index in [1.807, 2.05) is 13.0 Å². The minimum atomic E-state index is -1.84. The molecule has 326 valence electrons. The van der Waals surface area contributed by atoms with E-state index in [-0.39, 0.29) is 55.5 Å².